The first kappa shape index (κ1) is 16.1. The summed E-state index contributed by atoms with van der Waals surface area (Å²) >= 11 is 0. The molecule has 0 saturated heterocycles. The number of hydrogen-bond acceptors (Lipinski definition) is 2. The molecule has 0 bridgehead atoms. The molecule has 0 unspecified atom stereocenters. The predicted molar refractivity (Wildman–Crippen MR) is 79.1 cm³/mol. The van der Waals surface area contributed by atoms with Crippen molar-refractivity contribution in [1.82, 2.24) is 0 Å². The van der Waals surface area contributed by atoms with E-state index in [-0.39, 0.29) is 17.9 Å². The van der Waals surface area contributed by atoms with Gasteiger partial charge in [-0.15, -0.1) is 0 Å². The molecule has 0 heterocycles. The van der Waals surface area contributed by atoms with Crippen LogP contribution >= 0.6 is 0 Å². The van der Waals surface area contributed by atoms with Crippen LogP contribution in [0.1, 0.15) is 27.8 Å². The van der Waals surface area contributed by atoms with Gasteiger partial charge in [0.05, 0.1) is 12.2 Å². The fourth-order valence-corrected chi connectivity index (χ4v) is 2.11. The van der Waals surface area contributed by atoms with Gasteiger partial charge in [0.1, 0.15) is 5.75 Å². The van der Waals surface area contributed by atoms with Gasteiger partial charge in [0.2, 0.25) is 0 Å². The Balaban J connectivity index is 2.47. The van der Waals surface area contributed by atoms with Crippen molar-refractivity contribution in [3.63, 3.8) is 0 Å². The minimum Gasteiger partial charge on any atom is -0.508 e. The first-order chi connectivity index (χ1) is 10.3. The standard InChI is InChI=1S/C17H15F3O2/c1-11-13(3-2-4-16(11)22)6-7-14-9-12(10-21)5-8-15(14)17(18,19)20/h2-9,21-22H,10H2,1H3/b7-6+. The van der Waals surface area contributed by atoms with E-state index < -0.39 is 11.7 Å². The number of aliphatic hydroxyl groups is 1. The molecule has 0 saturated carbocycles. The van der Waals surface area contributed by atoms with Gasteiger partial charge in [-0.25, -0.2) is 0 Å². The lowest BCUT2D eigenvalue weighted by Crippen LogP contribution is -2.07. The second kappa shape index (κ2) is 6.23. The van der Waals surface area contributed by atoms with E-state index in [4.69, 9.17) is 5.11 Å². The molecule has 0 aliphatic heterocycles. The smallest absolute Gasteiger partial charge is 0.416 e. The molecule has 0 atom stereocenters. The van der Waals surface area contributed by atoms with Gasteiger partial charge in [0.15, 0.2) is 0 Å². The first-order valence-corrected chi connectivity index (χ1v) is 6.60. The van der Waals surface area contributed by atoms with Gasteiger partial charge >= 0.3 is 6.18 Å². The molecular weight excluding hydrogens is 293 g/mol. The largest absolute Gasteiger partial charge is 0.508 e. The maximum absolute atomic E-state index is 13.0. The van der Waals surface area contributed by atoms with Gasteiger partial charge < -0.3 is 10.2 Å². The fraction of sp³-hybridized carbons (Fsp3) is 0.176. The van der Waals surface area contributed by atoms with Crippen molar-refractivity contribution < 1.29 is 23.4 Å². The summed E-state index contributed by atoms with van der Waals surface area (Å²) < 4.78 is 39.1. The maximum Gasteiger partial charge on any atom is 0.416 e. The Kier molecular flexibility index (Phi) is 4.56. The third-order valence-electron chi connectivity index (χ3n) is 3.39. The van der Waals surface area contributed by atoms with Crippen LogP contribution in [0, 0.1) is 6.92 Å². The van der Waals surface area contributed by atoms with Crippen molar-refractivity contribution in [2.75, 3.05) is 0 Å². The summed E-state index contributed by atoms with van der Waals surface area (Å²) in [5.41, 5.74) is 0.828. The first-order valence-electron chi connectivity index (χ1n) is 6.60. The monoisotopic (exact) mass is 308 g/mol. The van der Waals surface area contributed by atoms with E-state index in [1.54, 1.807) is 19.1 Å². The van der Waals surface area contributed by atoms with Gasteiger partial charge in [-0.05, 0) is 47.4 Å². The summed E-state index contributed by atoms with van der Waals surface area (Å²) in [6.07, 6.45) is -1.62. The van der Waals surface area contributed by atoms with Crippen LogP contribution in [0.5, 0.6) is 5.75 Å². The van der Waals surface area contributed by atoms with Crippen LogP contribution in [0.2, 0.25) is 0 Å². The second-order valence-electron chi connectivity index (χ2n) is 4.90. The van der Waals surface area contributed by atoms with Crippen LogP contribution in [0.15, 0.2) is 36.4 Å². The summed E-state index contributed by atoms with van der Waals surface area (Å²) in [4.78, 5) is 0. The molecule has 2 rings (SSSR count). The van der Waals surface area contributed by atoms with E-state index in [9.17, 15) is 18.3 Å². The highest BCUT2D eigenvalue weighted by molar-refractivity contribution is 5.74. The molecule has 2 nitrogen and oxygen atoms in total. The average molecular weight is 308 g/mol. The summed E-state index contributed by atoms with van der Waals surface area (Å²) in [6.45, 7) is 1.36. The molecule has 0 aromatic heterocycles. The van der Waals surface area contributed by atoms with E-state index >= 15 is 0 Å². The van der Waals surface area contributed by atoms with Gasteiger partial charge in [-0.1, -0.05) is 30.4 Å². The highest BCUT2D eigenvalue weighted by Crippen LogP contribution is 2.33. The highest BCUT2D eigenvalue weighted by Gasteiger charge is 2.32. The van der Waals surface area contributed by atoms with Gasteiger partial charge in [0, 0.05) is 0 Å². The lowest BCUT2D eigenvalue weighted by molar-refractivity contribution is -0.137. The Labute approximate surface area is 126 Å². The van der Waals surface area contributed by atoms with Crippen LogP contribution in [0.3, 0.4) is 0 Å². The molecule has 116 valence electrons. The lowest BCUT2D eigenvalue weighted by Gasteiger charge is -2.11. The second-order valence-corrected chi connectivity index (χ2v) is 4.90. The van der Waals surface area contributed by atoms with Crippen molar-refractivity contribution >= 4 is 12.2 Å². The Morgan fingerprint density at radius 1 is 1.05 bits per heavy atom. The van der Waals surface area contributed by atoms with Crippen LogP contribution < -0.4 is 0 Å². The van der Waals surface area contributed by atoms with Crippen molar-refractivity contribution in [2.45, 2.75) is 19.7 Å². The summed E-state index contributed by atoms with van der Waals surface area (Å²) in [7, 11) is 0. The third kappa shape index (κ3) is 3.49. The Morgan fingerprint density at radius 3 is 2.36 bits per heavy atom. The molecule has 0 radical (unpaired) electrons. The predicted octanol–water partition coefficient (Wildman–Crippen LogP) is 4.38. The number of aromatic hydroxyl groups is 1. The van der Waals surface area contributed by atoms with Crippen molar-refractivity contribution in [3.05, 3.63) is 64.2 Å². The molecular formula is C17H15F3O2. The zero-order valence-corrected chi connectivity index (χ0v) is 11.9. The molecule has 0 spiro atoms. The Bertz CT molecular complexity index is 704. The van der Waals surface area contributed by atoms with Crippen LogP contribution in [0.25, 0.3) is 12.2 Å². The Morgan fingerprint density at radius 2 is 1.73 bits per heavy atom. The fourth-order valence-electron chi connectivity index (χ4n) is 2.11. The zero-order chi connectivity index (χ0) is 16.3. The number of aliphatic hydroxyl groups excluding tert-OH is 1. The number of rotatable bonds is 3. The maximum atomic E-state index is 13.0. The van der Waals surface area contributed by atoms with Gasteiger partial charge in [-0.2, -0.15) is 13.2 Å². The number of phenols is 1. The summed E-state index contributed by atoms with van der Waals surface area (Å²) in [5.74, 6) is 0.0855. The van der Waals surface area contributed by atoms with Gasteiger partial charge in [-0.3, -0.25) is 0 Å². The molecule has 0 aliphatic carbocycles. The van der Waals surface area contributed by atoms with Crippen LogP contribution in [-0.4, -0.2) is 10.2 Å². The number of halogens is 3. The number of alkyl halides is 3. The van der Waals surface area contributed by atoms with Crippen molar-refractivity contribution in [1.29, 1.82) is 0 Å². The molecule has 2 aromatic carbocycles. The van der Waals surface area contributed by atoms with E-state index in [1.165, 1.54) is 30.4 Å². The summed E-state index contributed by atoms with van der Waals surface area (Å²) in [6, 6.07) is 8.35. The molecule has 5 heteroatoms. The van der Waals surface area contributed by atoms with Crippen LogP contribution in [0.4, 0.5) is 13.2 Å². The quantitative estimate of drug-likeness (QED) is 0.826. The number of phenolic OH excluding ortho intramolecular Hbond substituents is 1. The van der Waals surface area contributed by atoms with Crippen molar-refractivity contribution in [3.8, 4) is 5.75 Å². The minimum atomic E-state index is -4.47. The summed E-state index contributed by atoms with van der Waals surface area (Å²) in [5, 5.41) is 18.7. The number of benzene rings is 2. The van der Waals surface area contributed by atoms with Crippen molar-refractivity contribution in [2.24, 2.45) is 0 Å². The van der Waals surface area contributed by atoms with E-state index in [2.05, 4.69) is 0 Å². The highest BCUT2D eigenvalue weighted by atomic mass is 19.4. The lowest BCUT2D eigenvalue weighted by atomic mass is 10.0. The molecule has 2 N–H and O–H groups in total. The average Bonchev–Trinajstić information content (AvgIpc) is 2.47. The Hall–Kier alpha value is -2.27. The minimum absolute atomic E-state index is 0.0261. The number of hydrogen-bond donors (Lipinski definition) is 2. The van der Waals surface area contributed by atoms with Gasteiger partial charge in [0.25, 0.3) is 0 Å². The zero-order valence-electron chi connectivity index (χ0n) is 11.9. The third-order valence-corrected chi connectivity index (χ3v) is 3.39. The topological polar surface area (TPSA) is 40.5 Å². The molecule has 0 amide bonds. The molecule has 0 aliphatic rings. The normalized spacial score (nSPS) is 12.0. The molecule has 2 aromatic rings. The SMILES string of the molecule is Cc1c(O)cccc1/C=C/c1cc(CO)ccc1C(F)(F)F. The molecule has 0 fully saturated rings. The van der Waals surface area contributed by atoms with E-state index in [0.717, 1.165) is 6.07 Å². The molecule has 22 heavy (non-hydrogen) atoms. The van der Waals surface area contributed by atoms with Crippen LogP contribution in [-0.2, 0) is 12.8 Å². The van der Waals surface area contributed by atoms with E-state index in [0.29, 0.717) is 16.7 Å². The van der Waals surface area contributed by atoms with E-state index in [1.807, 2.05) is 0 Å².